The number of carbonyl (C=O) groups is 2. The highest BCUT2D eigenvalue weighted by atomic mass is 16.2. The number of benzene rings is 2. The molecule has 0 fully saturated rings. The summed E-state index contributed by atoms with van der Waals surface area (Å²) in [5, 5.41) is 2.78. The van der Waals surface area contributed by atoms with Crippen molar-refractivity contribution in [1.82, 2.24) is 0 Å². The molecule has 0 aliphatic heterocycles. The zero-order valence-electron chi connectivity index (χ0n) is 13.8. The summed E-state index contributed by atoms with van der Waals surface area (Å²) in [5.41, 5.74) is 3.79. The van der Waals surface area contributed by atoms with E-state index in [1.54, 1.807) is 4.90 Å². The van der Waals surface area contributed by atoms with Crippen LogP contribution in [0.4, 0.5) is 11.4 Å². The molecule has 0 bridgehead atoms. The SMILES string of the molecule is CCN(C(=O)CC(=O)Nc1ccc(C)c(C)c1)c1ccccc1. The molecule has 2 rings (SSSR count). The first-order valence-electron chi connectivity index (χ1n) is 7.73. The maximum Gasteiger partial charge on any atom is 0.236 e. The molecule has 23 heavy (non-hydrogen) atoms. The van der Waals surface area contributed by atoms with Gasteiger partial charge in [-0.15, -0.1) is 0 Å². The number of anilines is 2. The molecule has 0 atom stereocenters. The van der Waals surface area contributed by atoms with Crippen molar-refractivity contribution < 1.29 is 9.59 Å². The Labute approximate surface area is 137 Å². The van der Waals surface area contributed by atoms with Gasteiger partial charge in [0, 0.05) is 17.9 Å². The average Bonchev–Trinajstić information content (AvgIpc) is 2.52. The lowest BCUT2D eigenvalue weighted by Gasteiger charge is -2.20. The first-order valence-corrected chi connectivity index (χ1v) is 7.73. The first-order chi connectivity index (χ1) is 11.0. The molecule has 120 valence electrons. The van der Waals surface area contributed by atoms with Crippen LogP contribution in [0.2, 0.25) is 0 Å². The zero-order valence-corrected chi connectivity index (χ0v) is 13.8. The zero-order chi connectivity index (χ0) is 16.8. The van der Waals surface area contributed by atoms with Crippen molar-refractivity contribution in [1.29, 1.82) is 0 Å². The van der Waals surface area contributed by atoms with Crippen LogP contribution in [0, 0.1) is 13.8 Å². The standard InChI is InChI=1S/C19H22N2O2/c1-4-21(17-8-6-5-7-9-17)19(23)13-18(22)20-16-11-10-14(2)15(3)12-16/h5-12H,4,13H2,1-3H3,(H,20,22). The molecule has 2 aromatic rings. The third kappa shape index (κ3) is 4.42. The van der Waals surface area contributed by atoms with Crippen LogP contribution < -0.4 is 10.2 Å². The van der Waals surface area contributed by atoms with Gasteiger partial charge in [0.15, 0.2) is 0 Å². The number of nitrogens with one attached hydrogen (secondary N) is 1. The fraction of sp³-hybridized carbons (Fsp3) is 0.263. The Hall–Kier alpha value is -2.62. The maximum absolute atomic E-state index is 12.4. The van der Waals surface area contributed by atoms with Crippen LogP contribution >= 0.6 is 0 Å². The summed E-state index contributed by atoms with van der Waals surface area (Å²) in [5.74, 6) is -0.507. The molecule has 2 amide bonds. The Morgan fingerprint density at radius 1 is 1.00 bits per heavy atom. The largest absolute Gasteiger partial charge is 0.326 e. The number of nitrogens with zero attached hydrogens (tertiary/aromatic N) is 1. The molecule has 0 aliphatic carbocycles. The van der Waals surface area contributed by atoms with E-state index in [1.807, 2.05) is 69.3 Å². The Morgan fingerprint density at radius 3 is 2.30 bits per heavy atom. The van der Waals surface area contributed by atoms with Gasteiger partial charge in [0.05, 0.1) is 0 Å². The molecule has 0 unspecified atom stereocenters. The average molecular weight is 310 g/mol. The Kier molecular flexibility index (Phi) is 5.52. The smallest absolute Gasteiger partial charge is 0.236 e. The van der Waals surface area contributed by atoms with Gasteiger partial charge in [0.2, 0.25) is 11.8 Å². The van der Waals surface area contributed by atoms with Crippen molar-refractivity contribution in [3.63, 3.8) is 0 Å². The third-order valence-electron chi connectivity index (χ3n) is 3.79. The molecule has 4 nitrogen and oxygen atoms in total. The van der Waals surface area contributed by atoms with Gasteiger partial charge in [-0.1, -0.05) is 24.3 Å². The van der Waals surface area contributed by atoms with Crippen molar-refractivity contribution in [2.45, 2.75) is 27.2 Å². The molecule has 0 radical (unpaired) electrons. The van der Waals surface area contributed by atoms with E-state index in [1.165, 1.54) is 5.56 Å². The summed E-state index contributed by atoms with van der Waals surface area (Å²) in [4.78, 5) is 26.1. The number of aryl methyl sites for hydroxylation is 2. The van der Waals surface area contributed by atoms with Gasteiger partial charge in [-0.3, -0.25) is 9.59 Å². The van der Waals surface area contributed by atoms with Crippen LogP contribution in [0.1, 0.15) is 24.5 Å². The predicted octanol–water partition coefficient (Wildman–Crippen LogP) is 3.69. The molecular formula is C19H22N2O2. The van der Waals surface area contributed by atoms with Gasteiger partial charge in [-0.05, 0) is 56.2 Å². The second-order valence-corrected chi connectivity index (χ2v) is 5.50. The molecule has 0 aliphatic rings. The lowest BCUT2D eigenvalue weighted by molar-refractivity contribution is -0.125. The lowest BCUT2D eigenvalue weighted by Crippen LogP contribution is -2.33. The van der Waals surface area contributed by atoms with Crippen LogP contribution in [0.5, 0.6) is 0 Å². The second-order valence-electron chi connectivity index (χ2n) is 5.50. The first kappa shape index (κ1) is 16.7. The fourth-order valence-electron chi connectivity index (χ4n) is 2.37. The molecule has 0 spiro atoms. The van der Waals surface area contributed by atoms with Crippen molar-refractivity contribution in [2.24, 2.45) is 0 Å². The van der Waals surface area contributed by atoms with Crippen LogP contribution in [0.3, 0.4) is 0 Å². The van der Waals surface area contributed by atoms with Gasteiger partial charge >= 0.3 is 0 Å². The number of rotatable bonds is 5. The quantitative estimate of drug-likeness (QED) is 0.856. The topological polar surface area (TPSA) is 49.4 Å². The van der Waals surface area contributed by atoms with E-state index in [4.69, 9.17) is 0 Å². The summed E-state index contributed by atoms with van der Waals surface area (Å²) < 4.78 is 0. The van der Waals surface area contributed by atoms with E-state index >= 15 is 0 Å². The number of para-hydroxylation sites is 1. The van der Waals surface area contributed by atoms with E-state index in [9.17, 15) is 9.59 Å². The molecule has 0 aromatic heterocycles. The highest BCUT2D eigenvalue weighted by Gasteiger charge is 2.17. The molecule has 1 N–H and O–H groups in total. The normalized spacial score (nSPS) is 10.2. The van der Waals surface area contributed by atoms with Crippen molar-refractivity contribution in [3.8, 4) is 0 Å². The van der Waals surface area contributed by atoms with Gasteiger partial charge in [-0.25, -0.2) is 0 Å². The van der Waals surface area contributed by atoms with Crippen molar-refractivity contribution in [3.05, 3.63) is 59.7 Å². The van der Waals surface area contributed by atoms with Crippen LogP contribution in [0.15, 0.2) is 48.5 Å². The van der Waals surface area contributed by atoms with E-state index in [0.717, 1.165) is 11.3 Å². The highest BCUT2D eigenvalue weighted by Crippen LogP contribution is 2.16. The molecular weight excluding hydrogens is 288 g/mol. The summed E-state index contributed by atoms with van der Waals surface area (Å²) in [6.45, 7) is 6.43. The van der Waals surface area contributed by atoms with Gasteiger partial charge < -0.3 is 10.2 Å². The molecule has 4 heteroatoms. The number of hydrogen-bond acceptors (Lipinski definition) is 2. The molecule has 2 aromatic carbocycles. The van der Waals surface area contributed by atoms with Gasteiger partial charge in [0.1, 0.15) is 6.42 Å². The minimum atomic E-state index is -0.298. The van der Waals surface area contributed by atoms with E-state index < -0.39 is 0 Å². The fourth-order valence-corrected chi connectivity index (χ4v) is 2.37. The van der Waals surface area contributed by atoms with E-state index in [0.29, 0.717) is 12.2 Å². The maximum atomic E-state index is 12.4. The van der Waals surface area contributed by atoms with Crippen molar-refractivity contribution in [2.75, 3.05) is 16.8 Å². The van der Waals surface area contributed by atoms with E-state index in [2.05, 4.69) is 5.32 Å². The third-order valence-corrected chi connectivity index (χ3v) is 3.79. The Balaban J connectivity index is 2.01. The van der Waals surface area contributed by atoms with Crippen molar-refractivity contribution >= 4 is 23.2 Å². The van der Waals surface area contributed by atoms with Gasteiger partial charge in [0.25, 0.3) is 0 Å². The minimum absolute atomic E-state index is 0.171. The van der Waals surface area contributed by atoms with Crippen LogP contribution in [-0.4, -0.2) is 18.4 Å². The van der Waals surface area contributed by atoms with Gasteiger partial charge in [-0.2, -0.15) is 0 Å². The molecule has 0 heterocycles. The molecule has 0 saturated carbocycles. The number of amides is 2. The van der Waals surface area contributed by atoms with Crippen LogP contribution in [0.25, 0.3) is 0 Å². The summed E-state index contributed by atoms with van der Waals surface area (Å²) in [6, 6.07) is 15.1. The Bertz CT molecular complexity index is 696. The Morgan fingerprint density at radius 2 is 1.70 bits per heavy atom. The van der Waals surface area contributed by atoms with Crippen LogP contribution in [-0.2, 0) is 9.59 Å². The highest BCUT2D eigenvalue weighted by molar-refractivity contribution is 6.09. The number of carbonyl (C=O) groups excluding carboxylic acids is 2. The minimum Gasteiger partial charge on any atom is -0.326 e. The lowest BCUT2D eigenvalue weighted by atomic mass is 10.1. The summed E-state index contributed by atoms with van der Waals surface area (Å²) in [7, 11) is 0. The summed E-state index contributed by atoms with van der Waals surface area (Å²) in [6.07, 6.45) is -0.171. The van der Waals surface area contributed by atoms with E-state index in [-0.39, 0.29) is 18.2 Å². The molecule has 0 saturated heterocycles. The summed E-state index contributed by atoms with van der Waals surface area (Å²) >= 11 is 0. The monoisotopic (exact) mass is 310 g/mol. The second kappa shape index (κ2) is 7.58. The number of hydrogen-bond donors (Lipinski definition) is 1. The predicted molar refractivity (Wildman–Crippen MR) is 93.6 cm³/mol.